The molecule has 0 aromatic heterocycles. The van der Waals surface area contributed by atoms with Crippen LogP contribution in [0.4, 0.5) is 10.5 Å². The number of phenolic OH excluding ortho intramolecular Hbond substituents is 2. The molecular formula is C12H15ClN2O6. The average Bonchev–Trinajstić information content (AvgIpc) is 2.35. The molecule has 0 radical (unpaired) electrons. The Hall–Kier alpha value is -2.22. The number of hydrogen-bond acceptors (Lipinski definition) is 6. The van der Waals surface area contributed by atoms with E-state index in [9.17, 15) is 25.1 Å². The third kappa shape index (κ3) is 3.10. The molecule has 1 aromatic carbocycles. The molecule has 0 spiro atoms. The Morgan fingerprint density at radius 1 is 1.43 bits per heavy atom. The first-order valence-electron chi connectivity index (χ1n) is 5.86. The van der Waals surface area contributed by atoms with Gasteiger partial charge >= 0.3 is 11.8 Å². The Morgan fingerprint density at radius 2 is 2.05 bits per heavy atom. The minimum Gasteiger partial charge on any atom is -0.504 e. The van der Waals surface area contributed by atoms with Crippen molar-refractivity contribution in [3.05, 3.63) is 27.8 Å². The third-order valence-corrected chi connectivity index (χ3v) is 3.24. The molecule has 8 nitrogen and oxygen atoms in total. The Kier molecular flexibility index (Phi) is 4.52. The standard InChI is InChI=1S/C12H14N2O6.ClH/c1-12(2)5-20-11(17)13-10(12)6-3-7(14(18)19)9(16)8(15)4-6;/h3-4,10,15-16H,5H2,1-2H3,(H,13,17);1H/t10-;/m1./s1. The van der Waals surface area contributed by atoms with Gasteiger partial charge in [-0.25, -0.2) is 4.79 Å². The number of carbonyl (C=O) groups excluding carboxylic acids is 1. The maximum atomic E-state index is 11.3. The predicted octanol–water partition coefficient (Wildman–Crippen LogP) is 2.23. The number of halogens is 1. The Morgan fingerprint density at radius 3 is 2.62 bits per heavy atom. The number of nitrogens with zero attached hydrogens (tertiary/aromatic N) is 1. The Balaban J connectivity index is 0.00000220. The minimum atomic E-state index is -0.799. The minimum absolute atomic E-state index is 0. The number of hydrogen-bond donors (Lipinski definition) is 3. The van der Waals surface area contributed by atoms with Crippen molar-refractivity contribution in [2.24, 2.45) is 5.41 Å². The van der Waals surface area contributed by atoms with E-state index in [0.717, 1.165) is 6.07 Å². The normalized spacial score (nSPS) is 19.9. The highest BCUT2D eigenvalue weighted by Crippen LogP contribution is 2.43. The predicted molar refractivity (Wildman–Crippen MR) is 74.7 cm³/mol. The molecule has 1 heterocycles. The largest absolute Gasteiger partial charge is 0.504 e. The fourth-order valence-corrected chi connectivity index (χ4v) is 2.16. The highest BCUT2D eigenvalue weighted by Gasteiger charge is 2.39. The summed E-state index contributed by atoms with van der Waals surface area (Å²) in [4.78, 5) is 21.4. The summed E-state index contributed by atoms with van der Waals surface area (Å²) in [7, 11) is 0. The summed E-state index contributed by atoms with van der Waals surface area (Å²) in [5.41, 5.74) is -0.809. The van der Waals surface area contributed by atoms with E-state index in [-0.39, 0.29) is 19.0 Å². The van der Waals surface area contributed by atoms with E-state index in [1.54, 1.807) is 0 Å². The van der Waals surface area contributed by atoms with Gasteiger partial charge in [-0.2, -0.15) is 0 Å². The van der Waals surface area contributed by atoms with E-state index in [1.807, 2.05) is 13.8 Å². The van der Waals surface area contributed by atoms with Gasteiger partial charge in [-0.3, -0.25) is 10.1 Å². The summed E-state index contributed by atoms with van der Waals surface area (Å²) in [6.07, 6.45) is -0.635. The summed E-state index contributed by atoms with van der Waals surface area (Å²) in [6, 6.07) is 1.75. The molecule has 3 N–H and O–H groups in total. The maximum Gasteiger partial charge on any atom is 0.407 e. The molecule has 0 bridgehead atoms. The molecule has 1 amide bonds. The molecular weight excluding hydrogens is 304 g/mol. The first kappa shape index (κ1) is 16.8. The van der Waals surface area contributed by atoms with Crippen LogP contribution in [0.1, 0.15) is 25.5 Å². The van der Waals surface area contributed by atoms with Crippen LogP contribution in [0.25, 0.3) is 0 Å². The van der Waals surface area contributed by atoms with Gasteiger partial charge in [-0.05, 0) is 11.6 Å². The van der Waals surface area contributed by atoms with E-state index in [2.05, 4.69) is 5.32 Å². The molecule has 1 fully saturated rings. The molecule has 116 valence electrons. The van der Waals surface area contributed by atoms with E-state index in [1.165, 1.54) is 6.07 Å². The second-order valence-corrected chi connectivity index (χ2v) is 5.31. The van der Waals surface area contributed by atoms with Crippen molar-refractivity contribution >= 4 is 24.2 Å². The number of cyclic esters (lactones) is 1. The maximum absolute atomic E-state index is 11.3. The number of nitro groups is 1. The SMILES string of the molecule is CC1(C)COC(=O)N[C@@H]1c1cc(O)c(O)c([N+](=O)[O-])c1.Cl. The van der Waals surface area contributed by atoms with Crippen molar-refractivity contribution in [2.75, 3.05) is 6.61 Å². The quantitative estimate of drug-likeness (QED) is 0.436. The van der Waals surface area contributed by atoms with Crippen molar-refractivity contribution in [3.8, 4) is 11.5 Å². The summed E-state index contributed by atoms with van der Waals surface area (Å²) < 4.78 is 4.88. The van der Waals surface area contributed by atoms with Gasteiger partial charge in [0.25, 0.3) is 0 Å². The van der Waals surface area contributed by atoms with Gasteiger partial charge < -0.3 is 20.3 Å². The lowest BCUT2D eigenvalue weighted by atomic mass is 9.80. The highest BCUT2D eigenvalue weighted by atomic mass is 35.5. The van der Waals surface area contributed by atoms with Gasteiger partial charge in [0.05, 0.1) is 11.0 Å². The number of amides is 1. The zero-order valence-corrected chi connectivity index (χ0v) is 12.1. The zero-order chi connectivity index (χ0) is 15.1. The first-order chi connectivity index (χ1) is 9.22. The second kappa shape index (κ2) is 5.65. The fraction of sp³-hybridized carbons (Fsp3) is 0.417. The molecule has 1 saturated heterocycles. The van der Waals surface area contributed by atoms with Gasteiger partial charge in [0.1, 0.15) is 6.61 Å². The van der Waals surface area contributed by atoms with Crippen LogP contribution >= 0.6 is 12.4 Å². The van der Waals surface area contributed by atoms with Crippen LogP contribution < -0.4 is 5.32 Å². The van der Waals surface area contributed by atoms with Crippen LogP contribution in [0.2, 0.25) is 0 Å². The molecule has 9 heteroatoms. The van der Waals surface area contributed by atoms with Crippen molar-refractivity contribution < 1.29 is 24.7 Å². The van der Waals surface area contributed by atoms with E-state index < -0.39 is 39.7 Å². The van der Waals surface area contributed by atoms with E-state index >= 15 is 0 Å². The number of nitro benzene ring substituents is 1. The number of ether oxygens (including phenoxy) is 1. The number of nitrogens with one attached hydrogen (secondary N) is 1. The number of rotatable bonds is 2. The third-order valence-electron chi connectivity index (χ3n) is 3.24. The molecule has 1 aliphatic heterocycles. The van der Waals surface area contributed by atoms with Crippen LogP contribution in [0.5, 0.6) is 11.5 Å². The molecule has 21 heavy (non-hydrogen) atoms. The average molecular weight is 319 g/mol. The molecule has 1 aliphatic rings. The summed E-state index contributed by atoms with van der Waals surface area (Å²) >= 11 is 0. The number of phenols is 2. The summed E-state index contributed by atoms with van der Waals surface area (Å²) in [5.74, 6) is -1.40. The topological polar surface area (TPSA) is 122 Å². The molecule has 1 aromatic rings. The second-order valence-electron chi connectivity index (χ2n) is 5.31. The lowest BCUT2D eigenvalue weighted by Gasteiger charge is -2.38. The van der Waals surface area contributed by atoms with Crippen molar-refractivity contribution in [1.82, 2.24) is 5.32 Å². The highest BCUT2D eigenvalue weighted by molar-refractivity contribution is 5.85. The smallest absolute Gasteiger partial charge is 0.407 e. The molecule has 0 saturated carbocycles. The Labute approximate surface area is 126 Å². The number of alkyl carbamates (subject to hydrolysis) is 1. The molecule has 2 rings (SSSR count). The zero-order valence-electron chi connectivity index (χ0n) is 11.3. The van der Waals surface area contributed by atoms with Crippen molar-refractivity contribution in [2.45, 2.75) is 19.9 Å². The molecule has 0 unspecified atom stereocenters. The van der Waals surface area contributed by atoms with Crippen LogP contribution in [0.3, 0.4) is 0 Å². The van der Waals surface area contributed by atoms with Gasteiger partial charge in [-0.15, -0.1) is 12.4 Å². The Bertz CT molecular complexity index is 589. The van der Waals surface area contributed by atoms with Crippen molar-refractivity contribution in [3.63, 3.8) is 0 Å². The lowest BCUT2D eigenvalue weighted by Crippen LogP contribution is -2.46. The fourth-order valence-electron chi connectivity index (χ4n) is 2.16. The van der Waals surface area contributed by atoms with Crippen LogP contribution in [-0.4, -0.2) is 27.8 Å². The van der Waals surface area contributed by atoms with Crippen LogP contribution in [0, 0.1) is 15.5 Å². The van der Waals surface area contributed by atoms with E-state index in [0.29, 0.717) is 5.56 Å². The van der Waals surface area contributed by atoms with Gasteiger partial charge in [0.2, 0.25) is 5.75 Å². The van der Waals surface area contributed by atoms with Crippen LogP contribution in [0.15, 0.2) is 12.1 Å². The van der Waals surface area contributed by atoms with Crippen LogP contribution in [-0.2, 0) is 4.74 Å². The first-order valence-corrected chi connectivity index (χ1v) is 5.86. The molecule has 0 aliphatic carbocycles. The number of benzene rings is 1. The summed E-state index contributed by atoms with van der Waals surface area (Å²) in [6.45, 7) is 3.76. The summed E-state index contributed by atoms with van der Waals surface area (Å²) in [5, 5.41) is 32.5. The van der Waals surface area contributed by atoms with Gasteiger partial charge in [0.15, 0.2) is 5.75 Å². The van der Waals surface area contributed by atoms with Gasteiger partial charge in [0, 0.05) is 11.5 Å². The lowest BCUT2D eigenvalue weighted by molar-refractivity contribution is -0.386. The number of aromatic hydroxyl groups is 2. The monoisotopic (exact) mass is 318 g/mol. The van der Waals surface area contributed by atoms with E-state index in [4.69, 9.17) is 4.74 Å². The van der Waals surface area contributed by atoms with Crippen molar-refractivity contribution in [1.29, 1.82) is 0 Å². The van der Waals surface area contributed by atoms with Gasteiger partial charge in [-0.1, -0.05) is 13.8 Å². The molecule has 1 atom stereocenters. The number of carbonyl (C=O) groups is 1.